The molecule has 0 saturated carbocycles. The predicted molar refractivity (Wildman–Crippen MR) is 113 cm³/mol. The highest BCUT2D eigenvalue weighted by Crippen LogP contribution is 2.36. The minimum Gasteiger partial charge on any atom is -0.497 e. The van der Waals surface area contributed by atoms with E-state index in [0.717, 1.165) is 52.4 Å². The van der Waals surface area contributed by atoms with Crippen LogP contribution in [0.3, 0.4) is 0 Å². The van der Waals surface area contributed by atoms with Crippen LogP contribution in [0.1, 0.15) is 6.42 Å². The molecule has 0 aliphatic heterocycles. The summed E-state index contributed by atoms with van der Waals surface area (Å²) >= 11 is 1.62. The molecular weight excluding hydrogens is 372 g/mol. The smallest absolute Gasteiger partial charge is 0.222 e. The van der Waals surface area contributed by atoms with Crippen molar-refractivity contribution < 1.29 is 4.74 Å². The van der Waals surface area contributed by atoms with E-state index in [0.29, 0.717) is 5.95 Å². The molecule has 8 heteroatoms. The number of ether oxygens (including phenoxy) is 1. The van der Waals surface area contributed by atoms with Crippen molar-refractivity contribution in [1.29, 1.82) is 0 Å². The van der Waals surface area contributed by atoms with Gasteiger partial charge in [0.15, 0.2) is 0 Å². The average molecular weight is 392 g/mol. The van der Waals surface area contributed by atoms with Gasteiger partial charge < -0.3 is 15.4 Å². The van der Waals surface area contributed by atoms with Crippen molar-refractivity contribution in [2.24, 2.45) is 0 Å². The van der Waals surface area contributed by atoms with Gasteiger partial charge in [0.2, 0.25) is 5.95 Å². The van der Waals surface area contributed by atoms with Gasteiger partial charge in [-0.25, -0.2) is 19.9 Å². The number of fused-ring (bicyclic) bond motifs is 1. The molecule has 7 nitrogen and oxygen atoms in total. The molecule has 4 rings (SSSR count). The second-order valence-corrected chi connectivity index (χ2v) is 6.92. The molecule has 4 aromatic rings. The standard InChI is InChI=1S/C20H20N6OS/c1-27-15-6-4-14(5-7-15)16-12-28-19-17(16)18(25-13-26-19)21-8-2-9-22-20-23-10-3-11-24-20/h3-7,10-13H,2,8-9H2,1H3,(H,21,25,26)(H,22,23,24). The topological polar surface area (TPSA) is 84.9 Å². The lowest BCUT2D eigenvalue weighted by atomic mass is 10.1. The highest BCUT2D eigenvalue weighted by atomic mass is 32.1. The van der Waals surface area contributed by atoms with E-state index in [1.165, 1.54) is 0 Å². The summed E-state index contributed by atoms with van der Waals surface area (Å²) in [6, 6.07) is 9.84. The summed E-state index contributed by atoms with van der Waals surface area (Å²) in [4.78, 5) is 18.2. The number of thiophene rings is 1. The molecule has 0 spiro atoms. The molecule has 142 valence electrons. The number of rotatable bonds is 8. The Balaban J connectivity index is 1.45. The summed E-state index contributed by atoms with van der Waals surface area (Å²) in [7, 11) is 1.67. The molecule has 28 heavy (non-hydrogen) atoms. The van der Waals surface area contributed by atoms with Crippen molar-refractivity contribution in [3.8, 4) is 16.9 Å². The van der Waals surface area contributed by atoms with Gasteiger partial charge >= 0.3 is 0 Å². The number of anilines is 2. The van der Waals surface area contributed by atoms with Crippen molar-refractivity contribution in [3.63, 3.8) is 0 Å². The zero-order valence-electron chi connectivity index (χ0n) is 15.4. The second kappa shape index (κ2) is 8.62. The summed E-state index contributed by atoms with van der Waals surface area (Å²) in [6.07, 6.45) is 5.96. The van der Waals surface area contributed by atoms with Crippen LogP contribution < -0.4 is 15.4 Å². The molecule has 3 aromatic heterocycles. The number of methoxy groups -OCH3 is 1. The molecule has 0 aliphatic carbocycles. The fourth-order valence-electron chi connectivity index (χ4n) is 2.88. The first-order valence-electron chi connectivity index (χ1n) is 8.96. The number of hydrogen-bond acceptors (Lipinski definition) is 8. The van der Waals surface area contributed by atoms with Gasteiger partial charge in [0, 0.05) is 36.4 Å². The van der Waals surface area contributed by atoms with Gasteiger partial charge in [0.25, 0.3) is 0 Å². The summed E-state index contributed by atoms with van der Waals surface area (Å²) in [5.74, 6) is 2.34. The molecule has 0 saturated heterocycles. The first-order chi connectivity index (χ1) is 13.8. The Kier molecular flexibility index (Phi) is 5.58. The monoisotopic (exact) mass is 392 g/mol. The van der Waals surface area contributed by atoms with Crippen molar-refractivity contribution in [1.82, 2.24) is 19.9 Å². The van der Waals surface area contributed by atoms with E-state index in [2.05, 4.69) is 48.1 Å². The van der Waals surface area contributed by atoms with Gasteiger partial charge in [0.1, 0.15) is 22.7 Å². The van der Waals surface area contributed by atoms with Crippen molar-refractivity contribution in [3.05, 3.63) is 54.4 Å². The molecule has 3 heterocycles. The third kappa shape index (κ3) is 4.01. The normalized spacial score (nSPS) is 10.8. The lowest BCUT2D eigenvalue weighted by Crippen LogP contribution is -2.11. The van der Waals surface area contributed by atoms with Crippen molar-refractivity contribution in [2.45, 2.75) is 6.42 Å². The number of hydrogen-bond donors (Lipinski definition) is 2. The third-order valence-electron chi connectivity index (χ3n) is 4.27. The van der Waals surface area contributed by atoms with Gasteiger partial charge in [-0.05, 0) is 30.2 Å². The first-order valence-corrected chi connectivity index (χ1v) is 9.84. The van der Waals surface area contributed by atoms with Gasteiger partial charge in [0.05, 0.1) is 12.5 Å². The van der Waals surface area contributed by atoms with Crippen LogP contribution in [0.5, 0.6) is 5.75 Å². The van der Waals surface area contributed by atoms with E-state index in [1.54, 1.807) is 43.2 Å². The Morgan fingerprint density at radius 1 is 0.964 bits per heavy atom. The van der Waals surface area contributed by atoms with Crippen LogP contribution in [-0.2, 0) is 0 Å². The molecule has 0 unspecified atom stereocenters. The average Bonchev–Trinajstić information content (AvgIpc) is 3.19. The molecular formula is C20H20N6OS. The summed E-state index contributed by atoms with van der Waals surface area (Å²) in [5.41, 5.74) is 2.24. The molecule has 0 radical (unpaired) electrons. The third-order valence-corrected chi connectivity index (χ3v) is 5.15. The van der Waals surface area contributed by atoms with E-state index in [4.69, 9.17) is 4.74 Å². The van der Waals surface area contributed by atoms with Crippen LogP contribution in [-0.4, -0.2) is 40.1 Å². The molecule has 2 N–H and O–H groups in total. The summed E-state index contributed by atoms with van der Waals surface area (Å²) in [5, 5.41) is 9.83. The Hall–Kier alpha value is -3.26. The second-order valence-electron chi connectivity index (χ2n) is 6.06. The van der Waals surface area contributed by atoms with E-state index < -0.39 is 0 Å². The predicted octanol–water partition coefficient (Wildman–Crippen LogP) is 4.07. The van der Waals surface area contributed by atoms with Crippen LogP contribution in [0.15, 0.2) is 54.4 Å². The van der Waals surface area contributed by atoms with E-state index in [1.807, 2.05) is 12.1 Å². The number of benzene rings is 1. The van der Waals surface area contributed by atoms with E-state index >= 15 is 0 Å². The molecule has 0 amide bonds. The quantitative estimate of drug-likeness (QED) is 0.437. The van der Waals surface area contributed by atoms with Gasteiger partial charge in [-0.15, -0.1) is 11.3 Å². The van der Waals surface area contributed by atoms with Crippen LogP contribution in [0.4, 0.5) is 11.8 Å². The van der Waals surface area contributed by atoms with Crippen molar-refractivity contribution >= 4 is 33.3 Å². The van der Waals surface area contributed by atoms with E-state index in [9.17, 15) is 0 Å². The summed E-state index contributed by atoms with van der Waals surface area (Å²) in [6.45, 7) is 1.56. The SMILES string of the molecule is COc1ccc(-c2csc3ncnc(NCCCNc4ncccn4)c23)cc1. The number of aromatic nitrogens is 4. The van der Waals surface area contributed by atoms with Gasteiger partial charge in [-0.1, -0.05) is 12.1 Å². The zero-order valence-corrected chi connectivity index (χ0v) is 16.2. The maximum atomic E-state index is 5.26. The maximum Gasteiger partial charge on any atom is 0.222 e. The molecule has 0 bridgehead atoms. The Labute approximate surface area is 166 Å². The fourth-order valence-corrected chi connectivity index (χ4v) is 3.79. The minimum atomic E-state index is 0.645. The Morgan fingerprint density at radius 2 is 1.75 bits per heavy atom. The number of nitrogens with zero attached hydrogens (tertiary/aromatic N) is 4. The van der Waals surface area contributed by atoms with Crippen LogP contribution >= 0.6 is 11.3 Å². The lowest BCUT2D eigenvalue weighted by molar-refractivity contribution is 0.415. The van der Waals surface area contributed by atoms with Crippen LogP contribution in [0.2, 0.25) is 0 Å². The zero-order chi connectivity index (χ0) is 19.2. The Morgan fingerprint density at radius 3 is 2.54 bits per heavy atom. The van der Waals surface area contributed by atoms with Crippen LogP contribution in [0, 0.1) is 0 Å². The maximum absolute atomic E-state index is 5.26. The van der Waals surface area contributed by atoms with E-state index in [-0.39, 0.29) is 0 Å². The number of nitrogens with one attached hydrogen (secondary N) is 2. The summed E-state index contributed by atoms with van der Waals surface area (Å²) < 4.78 is 5.26. The molecule has 0 atom stereocenters. The molecule has 0 fully saturated rings. The highest BCUT2D eigenvalue weighted by Gasteiger charge is 2.13. The van der Waals surface area contributed by atoms with Crippen molar-refractivity contribution in [2.75, 3.05) is 30.8 Å². The highest BCUT2D eigenvalue weighted by molar-refractivity contribution is 7.17. The largest absolute Gasteiger partial charge is 0.497 e. The molecule has 0 aliphatic rings. The first kappa shape index (κ1) is 18.1. The van der Waals surface area contributed by atoms with Gasteiger partial charge in [-0.2, -0.15) is 0 Å². The lowest BCUT2D eigenvalue weighted by Gasteiger charge is -2.09. The molecule has 1 aromatic carbocycles. The minimum absolute atomic E-state index is 0.645. The van der Waals surface area contributed by atoms with Crippen LogP contribution in [0.25, 0.3) is 21.3 Å². The Bertz CT molecular complexity index is 1040. The van der Waals surface area contributed by atoms with Gasteiger partial charge in [-0.3, -0.25) is 0 Å². The fraction of sp³-hybridized carbons (Fsp3) is 0.200.